The van der Waals surface area contributed by atoms with E-state index in [-0.39, 0.29) is 6.61 Å². The minimum absolute atomic E-state index is 0.00645. The van der Waals surface area contributed by atoms with Gasteiger partial charge in [-0.2, -0.15) is 0 Å². The standard InChI is InChI=1S/C26H33NO3/c1-9-21(23(15(2)3)14-30-26(28)29)12-24-19(7)22(13-27-24)20(8)25-17(5)11-10-16(4)18(25)6/h10-12,27H,2,7,9,13-14H2,1,3-6,8H3,(H,28,29)/b22-20-,23-21-,24-12-. The largest absolute Gasteiger partial charge is 0.506 e. The van der Waals surface area contributed by atoms with Crippen molar-refractivity contribution in [2.24, 2.45) is 0 Å². The lowest BCUT2D eigenvalue weighted by atomic mass is 9.89. The van der Waals surface area contributed by atoms with E-state index in [9.17, 15) is 4.79 Å². The van der Waals surface area contributed by atoms with Crippen molar-refractivity contribution < 1.29 is 14.6 Å². The highest BCUT2D eigenvalue weighted by Gasteiger charge is 2.22. The Bertz CT molecular complexity index is 990. The molecule has 160 valence electrons. The van der Waals surface area contributed by atoms with Crippen LogP contribution in [0.15, 0.2) is 64.9 Å². The fraction of sp³-hybridized carbons (Fsp3) is 0.346. The molecule has 1 aromatic rings. The maximum Gasteiger partial charge on any atom is 0.506 e. The van der Waals surface area contributed by atoms with Crippen LogP contribution in [0.4, 0.5) is 4.79 Å². The van der Waals surface area contributed by atoms with Crippen LogP contribution in [0.1, 0.15) is 49.4 Å². The molecule has 4 heteroatoms. The van der Waals surface area contributed by atoms with Gasteiger partial charge in [-0.3, -0.25) is 0 Å². The van der Waals surface area contributed by atoms with Gasteiger partial charge in [-0.15, -0.1) is 0 Å². The molecule has 0 amide bonds. The summed E-state index contributed by atoms with van der Waals surface area (Å²) in [7, 11) is 0. The molecule has 0 saturated carbocycles. The van der Waals surface area contributed by atoms with Crippen LogP contribution in [0, 0.1) is 20.8 Å². The molecule has 0 radical (unpaired) electrons. The molecule has 0 atom stereocenters. The van der Waals surface area contributed by atoms with E-state index in [1.54, 1.807) is 0 Å². The molecule has 2 rings (SSSR count). The zero-order chi connectivity index (χ0) is 22.6. The molecule has 30 heavy (non-hydrogen) atoms. The number of benzene rings is 1. The number of ether oxygens (including phenoxy) is 1. The lowest BCUT2D eigenvalue weighted by Gasteiger charge is -2.15. The first kappa shape index (κ1) is 23.3. The van der Waals surface area contributed by atoms with Gasteiger partial charge in [-0.1, -0.05) is 37.8 Å². The lowest BCUT2D eigenvalue weighted by molar-refractivity contribution is 0.0999. The summed E-state index contributed by atoms with van der Waals surface area (Å²) >= 11 is 0. The SMILES string of the molecule is C=C(C)/C(COC(=O)O)=C(\C=C1/NC/C(=C(\C)c2c(C)ccc(C)c2C)C1=C)CC. The van der Waals surface area contributed by atoms with Crippen LogP contribution in [-0.4, -0.2) is 24.4 Å². The van der Waals surface area contributed by atoms with Crippen molar-refractivity contribution in [3.63, 3.8) is 0 Å². The predicted molar refractivity (Wildman–Crippen MR) is 125 cm³/mol. The third-order valence-corrected chi connectivity index (χ3v) is 5.86. The van der Waals surface area contributed by atoms with Crippen molar-refractivity contribution >= 4 is 11.7 Å². The zero-order valence-electron chi connectivity index (χ0n) is 19.0. The quantitative estimate of drug-likeness (QED) is 0.423. The number of carboxylic acid groups (broad SMARTS) is 1. The lowest BCUT2D eigenvalue weighted by Crippen LogP contribution is -2.09. The van der Waals surface area contributed by atoms with Gasteiger partial charge in [-0.05, 0) is 97.2 Å². The fourth-order valence-electron chi connectivity index (χ4n) is 3.94. The Labute approximate surface area is 180 Å². The second kappa shape index (κ2) is 9.66. The molecule has 0 unspecified atom stereocenters. The topological polar surface area (TPSA) is 58.6 Å². The first-order valence-corrected chi connectivity index (χ1v) is 10.2. The Balaban J connectivity index is 2.48. The number of hydrogen-bond acceptors (Lipinski definition) is 3. The Kier molecular flexibility index (Phi) is 7.49. The number of carbonyl (C=O) groups is 1. The van der Waals surface area contributed by atoms with Crippen molar-refractivity contribution in [3.05, 3.63) is 87.2 Å². The van der Waals surface area contributed by atoms with Gasteiger partial charge in [0, 0.05) is 12.2 Å². The number of hydrogen-bond donors (Lipinski definition) is 2. The second-order valence-electron chi connectivity index (χ2n) is 7.89. The van der Waals surface area contributed by atoms with Gasteiger partial charge in [0.05, 0.1) is 0 Å². The Morgan fingerprint density at radius 3 is 2.43 bits per heavy atom. The summed E-state index contributed by atoms with van der Waals surface area (Å²) in [5.41, 5.74) is 12.1. The molecule has 1 fully saturated rings. The summed E-state index contributed by atoms with van der Waals surface area (Å²) in [5, 5.41) is 12.3. The molecule has 2 N–H and O–H groups in total. The average molecular weight is 408 g/mol. The molecular weight excluding hydrogens is 374 g/mol. The summed E-state index contributed by atoms with van der Waals surface area (Å²) in [6.45, 7) is 21.6. The monoisotopic (exact) mass is 407 g/mol. The van der Waals surface area contributed by atoms with Gasteiger partial charge >= 0.3 is 6.16 Å². The number of nitrogens with one attached hydrogen (secondary N) is 1. The average Bonchev–Trinajstić information content (AvgIpc) is 3.04. The molecule has 0 bridgehead atoms. The van der Waals surface area contributed by atoms with Crippen molar-refractivity contribution in [2.75, 3.05) is 13.2 Å². The van der Waals surface area contributed by atoms with Crippen molar-refractivity contribution in [3.8, 4) is 0 Å². The highest BCUT2D eigenvalue weighted by atomic mass is 16.7. The van der Waals surface area contributed by atoms with Crippen LogP contribution in [0.25, 0.3) is 5.57 Å². The number of aryl methyl sites for hydroxylation is 2. The fourth-order valence-corrected chi connectivity index (χ4v) is 3.94. The molecule has 0 spiro atoms. The summed E-state index contributed by atoms with van der Waals surface area (Å²) in [6, 6.07) is 4.33. The molecule has 1 aliphatic rings. The van der Waals surface area contributed by atoms with Gasteiger partial charge in [-0.25, -0.2) is 4.79 Å². The van der Waals surface area contributed by atoms with Gasteiger partial charge < -0.3 is 15.2 Å². The maximum absolute atomic E-state index is 10.8. The van der Waals surface area contributed by atoms with E-state index in [1.165, 1.54) is 33.4 Å². The Hall–Kier alpha value is -3.01. The minimum atomic E-state index is -1.29. The Morgan fingerprint density at radius 2 is 1.87 bits per heavy atom. The van der Waals surface area contributed by atoms with E-state index in [4.69, 9.17) is 9.84 Å². The molecular formula is C26H33NO3. The molecule has 0 aromatic heterocycles. The van der Waals surface area contributed by atoms with Gasteiger partial charge in [0.25, 0.3) is 0 Å². The molecule has 0 aliphatic carbocycles. The van der Waals surface area contributed by atoms with Crippen LogP contribution in [0.5, 0.6) is 0 Å². The van der Waals surface area contributed by atoms with Crippen LogP contribution in [0.2, 0.25) is 0 Å². The summed E-state index contributed by atoms with van der Waals surface area (Å²) in [5.74, 6) is 0. The smallest absolute Gasteiger partial charge is 0.450 e. The summed E-state index contributed by atoms with van der Waals surface area (Å²) < 4.78 is 4.81. The van der Waals surface area contributed by atoms with Crippen molar-refractivity contribution in [2.45, 2.75) is 48.0 Å². The van der Waals surface area contributed by atoms with E-state index in [2.05, 4.69) is 58.3 Å². The molecule has 1 aromatic carbocycles. The van der Waals surface area contributed by atoms with Crippen LogP contribution < -0.4 is 5.32 Å². The highest BCUT2D eigenvalue weighted by Crippen LogP contribution is 2.34. The van der Waals surface area contributed by atoms with Gasteiger partial charge in [0.1, 0.15) is 6.61 Å². The minimum Gasteiger partial charge on any atom is -0.450 e. The summed E-state index contributed by atoms with van der Waals surface area (Å²) in [4.78, 5) is 10.8. The van der Waals surface area contributed by atoms with E-state index < -0.39 is 6.16 Å². The normalized spacial score (nSPS) is 17.5. The van der Waals surface area contributed by atoms with Crippen LogP contribution in [-0.2, 0) is 4.74 Å². The second-order valence-corrected chi connectivity index (χ2v) is 7.89. The number of rotatable bonds is 6. The first-order valence-electron chi connectivity index (χ1n) is 10.2. The number of allylic oxidation sites excluding steroid dienone is 4. The predicted octanol–water partition coefficient (Wildman–Crippen LogP) is 6.41. The van der Waals surface area contributed by atoms with Crippen LogP contribution >= 0.6 is 0 Å². The summed E-state index contributed by atoms with van der Waals surface area (Å²) in [6.07, 6.45) is 1.50. The van der Waals surface area contributed by atoms with Crippen molar-refractivity contribution in [1.29, 1.82) is 0 Å². The van der Waals surface area contributed by atoms with E-state index in [0.717, 1.165) is 34.4 Å². The van der Waals surface area contributed by atoms with E-state index >= 15 is 0 Å². The molecule has 1 saturated heterocycles. The third-order valence-electron chi connectivity index (χ3n) is 5.86. The van der Waals surface area contributed by atoms with Gasteiger partial charge in [0.15, 0.2) is 0 Å². The zero-order valence-corrected chi connectivity index (χ0v) is 19.0. The molecule has 4 nitrogen and oxygen atoms in total. The van der Waals surface area contributed by atoms with E-state index in [0.29, 0.717) is 6.54 Å². The highest BCUT2D eigenvalue weighted by molar-refractivity contribution is 5.78. The first-order chi connectivity index (χ1) is 14.1. The van der Waals surface area contributed by atoms with E-state index in [1.807, 2.05) is 19.9 Å². The Morgan fingerprint density at radius 1 is 1.23 bits per heavy atom. The van der Waals surface area contributed by atoms with Crippen LogP contribution in [0.3, 0.4) is 0 Å². The van der Waals surface area contributed by atoms with Crippen molar-refractivity contribution in [1.82, 2.24) is 5.32 Å². The molecule has 1 aliphatic heterocycles. The molecule has 1 heterocycles. The van der Waals surface area contributed by atoms with Gasteiger partial charge in [0.2, 0.25) is 0 Å². The third kappa shape index (κ3) is 4.93. The maximum atomic E-state index is 10.8.